The average Bonchev–Trinajstić information content (AvgIpc) is 2.84. The van der Waals surface area contributed by atoms with E-state index in [1.165, 1.54) is 6.07 Å². The van der Waals surface area contributed by atoms with Gasteiger partial charge in [-0.1, -0.05) is 84.9 Å². The molecule has 0 fully saturated rings. The second-order valence-electron chi connectivity index (χ2n) is 7.46. The third kappa shape index (κ3) is 6.03. The van der Waals surface area contributed by atoms with Gasteiger partial charge in [0.05, 0.1) is 0 Å². The van der Waals surface area contributed by atoms with E-state index >= 15 is 0 Å². The monoisotopic (exact) mass is 456 g/mol. The second-order valence-corrected chi connectivity index (χ2v) is 7.46. The van der Waals surface area contributed by atoms with Gasteiger partial charge in [0.25, 0.3) is 0 Å². The Morgan fingerprint density at radius 3 is 1.47 bits per heavy atom. The predicted octanol–water partition coefficient (Wildman–Crippen LogP) is 4.98. The number of benzene rings is 4. The van der Waals surface area contributed by atoms with Crippen LogP contribution < -0.4 is 0 Å². The summed E-state index contributed by atoms with van der Waals surface area (Å²) in [5.41, 5.74) is 0.321. The van der Waals surface area contributed by atoms with Gasteiger partial charge in [0, 0.05) is 6.07 Å². The summed E-state index contributed by atoms with van der Waals surface area (Å²) in [5.74, 6) is -1.02. The predicted molar refractivity (Wildman–Crippen MR) is 130 cm³/mol. The molecule has 172 valence electrons. The minimum Gasteiger partial charge on any atom is -0.508 e. The van der Waals surface area contributed by atoms with Crippen molar-refractivity contribution in [2.45, 2.75) is 5.60 Å². The van der Waals surface area contributed by atoms with Crippen molar-refractivity contribution in [3.8, 4) is 17.2 Å². The van der Waals surface area contributed by atoms with Crippen LogP contribution in [0.25, 0.3) is 12.2 Å². The lowest BCUT2D eigenvalue weighted by Gasteiger charge is -2.24. The Bertz CT molecular complexity index is 1190. The lowest BCUT2D eigenvalue weighted by Crippen LogP contribution is -2.36. The number of aliphatic hydroxyl groups is 1. The fourth-order valence-corrected chi connectivity index (χ4v) is 3.26. The molecule has 4 aromatic rings. The smallest absolute Gasteiger partial charge is 0.345 e. The van der Waals surface area contributed by atoms with Gasteiger partial charge in [-0.15, -0.1) is 0 Å². The molecule has 0 radical (unpaired) electrons. The molecular weight excluding hydrogens is 432 g/mol. The summed E-state index contributed by atoms with van der Waals surface area (Å²) in [6.45, 7) is 0. The molecule has 0 unspecified atom stereocenters. The molecule has 4 rings (SSSR count). The van der Waals surface area contributed by atoms with Crippen molar-refractivity contribution in [2.24, 2.45) is 0 Å². The Morgan fingerprint density at radius 1 is 0.588 bits per heavy atom. The number of hydrogen-bond acceptors (Lipinski definition) is 5. The Kier molecular flexibility index (Phi) is 7.69. The first-order valence-electron chi connectivity index (χ1n) is 10.4. The van der Waals surface area contributed by atoms with Crippen LogP contribution in [-0.2, 0) is 10.4 Å². The summed E-state index contributed by atoms with van der Waals surface area (Å²) in [6.07, 6.45) is 3.60. The Morgan fingerprint density at radius 2 is 1.03 bits per heavy atom. The van der Waals surface area contributed by atoms with E-state index in [9.17, 15) is 25.2 Å². The van der Waals surface area contributed by atoms with Crippen molar-refractivity contribution in [3.05, 3.63) is 125 Å². The lowest BCUT2D eigenvalue weighted by molar-refractivity contribution is -0.155. The number of aromatic hydroxyl groups is 3. The number of carbonyl (C=O) groups is 1. The molecule has 0 atom stereocenters. The fraction of sp³-hybridized carbons (Fsp3) is 0.0357. The maximum absolute atomic E-state index is 11.4. The second kappa shape index (κ2) is 10.8. The van der Waals surface area contributed by atoms with Crippen LogP contribution in [0.5, 0.6) is 17.2 Å². The molecule has 6 nitrogen and oxygen atoms in total. The summed E-state index contributed by atoms with van der Waals surface area (Å²) in [4.78, 5) is 11.4. The number of aliphatic carboxylic acids is 1. The van der Waals surface area contributed by atoms with E-state index in [-0.39, 0.29) is 17.2 Å². The average molecular weight is 456 g/mol. The van der Waals surface area contributed by atoms with Crippen LogP contribution in [0, 0.1) is 0 Å². The summed E-state index contributed by atoms with van der Waals surface area (Å²) < 4.78 is 0. The zero-order chi connectivity index (χ0) is 24.6. The van der Waals surface area contributed by atoms with Crippen molar-refractivity contribution >= 4 is 18.1 Å². The molecule has 4 aromatic carbocycles. The fourth-order valence-electron chi connectivity index (χ4n) is 3.26. The largest absolute Gasteiger partial charge is 0.508 e. The van der Waals surface area contributed by atoms with Crippen LogP contribution in [0.3, 0.4) is 0 Å². The number of hydrogen-bond donors (Lipinski definition) is 5. The van der Waals surface area contributed by atoms with Gasteiger partial charge < -0.3 is 25.5 Å². The molecule has 0 aliphatic rings. The first kappa shape index (κ1) is 24.1. The first-order chi connectivity index (χ1) is 16.3. The van der Waals surface area contributed by atoms with Gasteiger partial charge >= 0.3 is 5.97 Å². The van der Waals surface area contributed by atoms with E-state index < -0.39 is 11.6 Å². The lowest BCUT2D eigenvalue weighted by atomic mass is 9.86. The van der Waals surface area contributed by atoms with E-state index in [0.29, 0.717) is 16.7 Å². The molecule has 0 heterocycles. The standard InChI is InChI=1S/2C14H12O3/c15-13(16)14(17,11-7-3-1-4-8-11)12-9-5-2-6-10-12;15-12-5-3-10(4-6-12)1-2-11-7-13(16)9-14(17)8-11/h1-10,17H,(H,15,16);1-9,15-17H. The zero-order valence-electron chi connectivity index (χ0n) is 18.1. The maximum atomic E-state index is 11.4. The van der Waals surface area contributed by atoms with E-state index in [4.69, 9.17) is 5.11 Å². The van der Waals surface area contributed by atoms with Crippen molar-refractivity contribution in [1.82, 2.24) is 0 Å². The van der Waals surface area contributed by atoms with Crippen LogP contribution in [0.15, 0.2) is 103 Å². The van der Waals surface area contributed by atoms with Crippen molar-refractivity contribution in [2.75, 3.05) is 0 Å². The number of phenolic OH excluding ortho intramolecular Hbond substituents is 3. The summed E-state index contributed by atoms with van der Waals surface area (Å²) in [5, 5.41) is 47.4. The van der Waals surface area contributed by atoms with E-state index in [2.05, 4.69) is 0 Å². The number of carboxylic acids is 1. The highest BCUT2D eigenvalue weighted by molar-refractivity contribution is 5.83. The Hall–Kier alpha value is -4.55. The summed E-state index contributed by atoms with van der Waals surface area (Å²) in [7, 11) is 0. The number of carboxylic acid groups (broad SMARTS) is 1. The third-order valence-corrected chi connectivity index (χ3v) is 4.98. The van der Waals surface area contributed by atoms with Crippen molar-refractivity contribution in [1.29, 1.82) is 0 Å². The summed E-state index contributed by atoms with van der Waals surface area (Å²) >= 11 is 0. The minimum absolute atomic E-state index is 0.0235. The quantitative estimate of drug-likeness (QED) is 0.270. The van der Waals surface area contributed by atoms with Crippen molar-refractivity contribution in [3.63, 3.8) is 0 Å². The van der Waals surface area contributed by atoms with Gasteiger partial charge in [-0.2, -0.15) is 0 Å². The van der Waals surface area contributed by atoms with Crippen LogP contribution >= 0.6 is 0 Å². The minimum atomic E-state index is -2.00. The van der Waals surface area contributed by atoms with Crippen LogP contribution in [-0.4, -0.2) is 31.5 Å². The molecule has 0 saturated heterocycles. The normalized spacial score (nSPS) is 11.0. The van der Waals surface area contributed by atoms with Crippen LogP contribution in [0.4, 0.5) is 0 Å². The van der Waals surface area contributed by atoms with Gasteiger partial charge in [-0.3, -0.25) is 0 Å². The molecule has 5 N–H and O–H groups in total. The number of phenols is 3. The van der Waals surface area contributed by atoms with E-state index in [1.807, 2.05) is 6.08 Å². The Labute approximate surface area is 197 Å². The van der Waals surface area contributed by atoms with E-state index in [0.717, 1.165) is 5.56 Å². The van der Waals surface area contributed by atoms with Gasteiger partial charge in [0.1, 0.15) is 17.2 Å². The van der Waals surface area contributed by atoms with Gasteiger partial charge in [-0.05, 0) is 46.5 Å². The Balaban J connectivity index is 0.000000191. The molecule has 0 bridgehead atoms. The molecule has 0 amide bonds. The molecule has 0 aliphatic carbocycles. The maximum Gasteiger partial charge on any atom is 0.345 e. The highest BCUT2D eigenvalue weighted by Crippen LogP contribution is 2.29. The third-order valence-electron chi connectivity index (χ3n) is 4.98. The van der Waals surface area contributed by atoms with E-state index in [1.54, 1.807) is 103 Å². The molecule has 0 saturated carbocycles. The molecule has 0 aromatic heterocycles. The van der Waals surface area contributed by atoms with Gasteiger partial charge in [0.15, 0.2) is 0 Å². The van der Waals surface area contributed by atoms with Gasteiger partial charge in [-0.25, -0.2) is 4.79 Å². The molecule has 34 heavy (non-hydrogen) atoms. The highest BCUT2D eigenvalue weighted by Gasteiger charge is 2.39. The molecule has 0 spiro atoms. The summed E-state index contributed by atoms with van der Waals surface area (Å²) in [6, 6.07) is 27.9. The molecule has 0 aliphatic heterocycles. The van der Waals surface area contributed by atoms with Gasteiger partial charge in [0.2, 0.25) is 5.60 Å². The van der Waals surface area contributed by atoms with Crippen LogP contribution in [0.1, 0.15) is 22.3 Å². The zero-order valence-corrected chi connectivity index (χ0v) is 18.1. The van der Waals surface area contributed by atoms with Crippen molar-refractivity contribution < 1.29 is 30.3 Å². The first-order valence-corrected chi connectivity index (χ1v) is 10.4. The SMILES string of the molecule is O=C(O)C(O)(c1ccccc1)c1ccccc1.Oc1ccc(C=Cc2cc(O)cc(O)c2)cc1. The molecule has 6 heteroatoms. The van der Waals surface area contributed by atoms with Crippen LogP contribution in [0.2, 0.25) is 0 Å². The topological polar surface area (TPSA) is 118 Å². The highest BCUT2D eigenvalue weighted by atomic mass is 16.4. The molecular formula is C28H24O6. The number of rotatable bonds is 5.